The zero-order valence-electron chi connectivity index (χ0n) is 10.2. The first-order valence-electron chi connectivity index (χ1n) is 5.02. The van der Waals surface area contributed by atoms with Crippen molar-refractivity contribution in [2.24, 2.45) is 0 Å². The average molecular weight is 319 g/mol. The summed E-state index contributed by atoms with van der Waals surface area (Å²) in [6, 6.07) is 4.54. The fraction of sp³-hybridized carbons (Fsp3) is 0.333. The summed E-state index contributed by atoms with van der Waals surface area (Å²) in [5, 5.41) is 1.43. The van der Waals surface area contributed by atoms with E-state index in [0.717, 1.165) is 0 Å². The van der Waals surface area contributed by atoms with E-state index < -0.39 is 0 Å². The van der Waals surface area contributed by atoms with Gasteiger partial charge in [0, 0.05) is 20.1 Å². The number of thiophene rings is 1. The zero-order chi connectivity index (χ0) is 12.4. The third-order valence-corrected chi connectivity index (χ3v) is 7.82. The third kappa shape index (κ3) is 2.50. The molecule has 2 rings (SSSR count). The van der Waals surface area contributed by atoms with Crippen LogP contribution in [-0.4, -0.2) is 25.0 Å². The lowest BCUT2D eigenvalue weighted by atomic mass is 10.3. The van der Waals surface area contributed by atoms with Crippen molar-refractivity contribution in [3.05, 3.63) is 12.1 Å². The Balaban J connectivity index is 2.77. The van der Waals surface area contributed by atoms with Crippen molar-refractivity contribution in [1.29, 1.82) is 0 Å². The molecule has 1 aromatic heterocycles. The molecule has 5 heteroatoms. The summed E-state index contributed by atoms with van der Waals surface area (Å²) in [6.07, 6.45) is 8.66. The molecule has 0 aliphatic heterocycles. The molecule has 0 N–H and O–H groups in total. The van der Waals surface area contributed by atoms with Crippen LogP contribution in [0.3, 0.4) is 0 Å². The number of hydrogen-bond donors (Lipinski definition) is 0. The molecule has 0 bridgehead atoms. The Morgan fingerprint density at radius 2 is 1.53 bits per heavy atom. The van der Waals surface area contributed by atoms with Gasteiger partial charge in [-0.15, -0.1) is 58.4 Å². The number of rotatable bonds is 4. The van der Waals surface area contributed by atoms with Crippen molar-refractivity contribution in [3.8, 4) is 0 Å². The van der Waals surface area contributed by atoms with Crippen molar-refractivity contribution in [1.82, 2.24) is 0 Å². The molecule has 0 nitrogen and oxygen atoms in total. The molecular formula is C12H14S5. The molecule has 17 heavy (non-hydrogen) atoms. The first kappa shape index (κ1) is 14.0. The van der Waals surface area contributed by atoms with E-state index in [4.69, 9.17) is 0 Å². The lowest BCUT2D eigenvalue weighted by Gasteiger charge is -2.05. The predicted molar refractivity (Wildman–Crippen MR) is 88.9 cm³/mol. The molecular weight excluding hydrogens is 304 g/mol. The fourth-order valence-electron chi connectivity index (χ4n) is 1.76. The maximum absolute atomic E-state index is 2.28. The number of fused-ring (bicyclic) bond motifs is 1. The quantitative estimate of drug-likeness (QED) is 0.654. The maximum atomic E-state index is 2.28. The highest BCUT2D eigenvalue weighted by molar-refractivity contribution is 8.03. The minimum atomic E-state index is 1.39. The van der Waals surface area contributed by atoms with Gasteiger partial charge in [-0.05, 0) is 31.1 Å². The lowest BCUT2D eigenvalue weighted by molar-refractivity contribution is 1.32. The average Bonchev–Trinajstić information content (AvgIpc) is 2.74. The van der Waals surface area contributed by atoms with Crippen LogP contribution in [0.4, 0.5) is 0 Å². The molecule has 0 aliphatic carbocycles. The van der Waals surface area contributed by atoms with E-state index in [2.05, 4.69) is 37.2 Å². The Labute approximate surface area is 124 Å². The Kier molecular flexibility index (Phi) is 5.06. The van der Waals surface area contributed by atoms with Gasteiger partial charge in [0.25, 0.3) is 0 Å². The van der Waals surface area contributed by atoms with E-state index in [-0.39, 0.29) is 0 Å². The summed E-state index contributed by atoms with van der Waals surface area (Å²) in [5.74, 6) is 0. The molecule has 0 aliphatic rings. The second-order valence-corrected chi connectivity index (χ2v) is 7.88. The standard InChI is InChI=1S/C12H14S5/c1-13-8-6-5-7-9(11(8)15-3)17-12(16-4)10(7)14-2/h5-6H,1-4H3. The molecule has 0 amide bonds. The van der Waals surface area contributed by atoms with Gasteiger partial charge in [-0.3, -0.25) is 0 Å². The van der Waals surface area contributed by atoms with Crippen molar-refractivity contribution in [3.63, 3.8) is 0 Å². The second kappa shape index (κ2) is 6.15. The number of hydrogen-bond acceptors (Lipinski definition) is 5. The Morgan fingerprint density at radius 3 is 2.06 bits per heavy atom. The van der Waals surface area contributed by atoms with Crippen LogP contribution in [0.25, 0.3) is 10.1 Å². The molecule has 0 saturated heterocycles. The molecule has 0 fully saturated rings. The molecule has 0 spiro atoms. The summed E-state index contributed by atoms with van der Waals surface area (Å²) < 4.78 is 2.90. The van der Waals surface area contributed by atoms with Gasteiger partial charge in [0.2, 0.25) is 0 Å². The summed E-state index contributed by atoms with van der Waals surface area (Å²) in [7, 11) is 0. The largest absolute Gasteiger partial charge is 0.128 e. The molecule has 1 aromatic carbocycles. The highest BCUT2D eigenvalue weighted by Gasteiger charge is 2.15. The zero-order valence-corrected chi connectivity index (χ0v) is 14.3. The summed E-state index contributed by atoms with van der Waals surface area (Å²) in [6.45, 7) is 0. The van der Waals surface area contributed by atoms with Gasteiger partial charge in [0.1, 0.15) is 0 Å². The van der Waals surface area contributed by atoms with Gasteiger partial charge >= 0.3 is 0 Å². The highest BCUT2D eigenvalue weighted by Crippen LogP contribution is 2.47. The SMILES string of the molecule is CSc1ccc2c(SC)c(SC)sc2c1SC. The maximum Gasteiger partial charge on any atom is 0.0745 e. The third-order valence-electron chi connectivity index (χ3n) is 2.51. The topological polar surface area (TPSA) is 0 Å². The van der Waals surface area contributed by atoms with E-state index in [9.17, 15) is 0 Å². The van der Waals surface area contributed by atoms with Gasteiger partial charge in [-0.25, -0.2) is 0 Å². The summed E-state index contributed by atoms with van der Waals surface area (Å²) >= 11 is 9.36. The first-order chi connectivity index (χ1) is 8.26. The minimum Gasteiger partial charge on any atom is -0.128 e. The number of benzene rings is 1. The lowest BCUT2D eigenvalue weighted by Crippen LogP contribution is -1.78. The van der Waals surface area contributed by atoms with Crippen LogP contribution >= 0.6 is 58.4 Å². The molecule has 92 valence electrons. The van der Waals surface area contributed by atoms with Gasteiger partial charge in [0.05, 0.1) is 8.91 Å². The molecule has 0 unspecified atom stereocenters. The molecule has 0 saturated carbocycles. The van der Waals surface area contributed by atoms with Crippen LogP contribution in [0.5, 0.6) is 0 Å². The van der Waals surface area contributed by atoms with Crippen LogP contribution < -0.4 is 0 Å². The minimum absolute atomic E-state index is 1.39. The van der Waals surface area contributed by atoms with Crippen LogP contribution in [-0.2, 0) is 0 Å². The smallest absolute Gasteiger partial charge is 0.0745 e. The van der Waals surface area contributed by atoms with E-state index >= 15 is 0 Å². The van der Waals surface area contributed by atoms with E-state index in [1.807, 2.05) is 58.4 Å². The Bertz CT molecular complexity index is 529. The van der Waals surface area contributed by atoms with Crippen molar-refractivity contribution in [2.75, 3.05) is 25.0 Å². The van der Waals surface area contributed by atoms with E-state index in [1.54, 1.807) is 0 Å². The molecule has 1 heterocycles. The van der Waals surface area contributed by atoms with Crippen LogP contribution in [0, 0.1) is 0 Å². The van der Waals surface area contributed by atoms with Gasteiger partial charge in [-0.1, -0.05) is 6.07 Å². The Hall–Kier alpha value is 0.580. The van der Waals surface area contributed by atoms with Crippen LogP contribution in [0.1, 0.15) is 0 Å². The molecule has 0 radical (unpaired) electrons. The second-order valence-electron chi connectivity index (χ2n) is 3.30. The summed E-state index contributed by atoms with van der Waals surface area (Å²) in [5.41, 5.74) is 0. The van der Waals surface area contributed by atoms with Crippen molar-refractivity contribution >= 4 is 68.5 Å². The molecule has 0 atom stereocenters. The van der Waals surface area contributed by atoms with E-state index in [1.165, 1.54) is 29.0 Å². The fourth-order valence-corrected chi connectivity index (χ4v) is 7.00. The highest BCUT2D eigenvalue weighted by atomic mass is 32.2. The van der Waals surface area contributed by atoms with Gasteiger partial charge in [0.15, 0.2) is 0 Å². The van der Waals surface area contributed by atoms with E-state index in [0.29, 0.717) is 0 Å². The van der Waals surface area contributed by atoms with Crippen LogP contribution in [0.2, 0.25) is 0 Å². The van der Waals surface area contributed by atoms with Gasteiger partial charge in [-0.2, -0.15) is 0 Å². The normalized spacial score (nSPS) is 11.3. The van der Waals surface area contributed by atoms with Crippen LogP contribution in [0.15, 0.2) is 31.0 Å². The summed E-state index contributed by atoms with van der Waals surface area (Å²) in [4.78, 5) is 4.28. The van der Waals surface area contributed by atoms with Crippen molar-refractivity contribution in [2.45, 2.75) is 18.9 Å². The monoisotopic (exact) mass is 318 g/mol. The first-order valence-corrected chi connectivity index (χ1v) is 10.7. The number of thioether (sulfide) groups is 4. The van der Waals surface area contributed by atoms with Crippen molar-refractivity contribution < 1.29 is 0 Å². The molecule has 2 aromatic rings. The predicted octanol–water partition coefficient (Wildman–Crippen LogP) is 5.79. The van der Waals surface area contributed by atoms with Gasteiger partial charge < -0.3 is 0 Å². The Morgan fingerprint density at radius 1 is 0.824 bits per heavy atom.